The molecule has 0 unspecified atom stereocenters. The van der Waals surface area contributed by atoms with E-state index in [1.54, 1.807) is 42.0 Å². The normalized spacial score (nSPS) is 10.4. The highest BCUT2D eigenvalue weighted by atomic mass is 32.2. The number of nitrogens with zero attached hydrogens (tertiary/aromatic N) is 1. The number of hydrogen-bond acceptors (Lipinski definition) is 6. The number of nitrogens with one attached hydrogen (secondary N) is 2. The van der Waals surface area contributed by atoms with Crippen LogP contribution >= 0.6 is 11.8 Å². The van der Waals surface area contributed by atoms with Crippen molar-refractivity contribution < 1.29 is 19.5 Å². The van der Waals surface area contributed by atoms with Crippen LogP contribution in [0.15, 0.2) is 65.7 Å². The van der Waals surface area contributed by atoms with Crippen molar-refractivity contribution in [2.24, 2.45) is 0 Å². The van der Waals surface area contributed by atoms with Crippen molar-refractivity contribution in [1.82, 2.24) is 15.8 Å². The van der Waals surface area contributed by atoms with Crippen LogP contribution in [-0.4, -0.2) is 34.5 Å². The Kier molecular flexibility index (Phi) is 6.24. The lowest BCUT2D eigenvalue weighted by molar-refractivity contribution is 0.0948. The Morgan fingerprint density at radius 2 is 1.85 bits per heavy atom. The SMILES string of the molecule is O=C(NO)Sc1ccc(OCCNC(=O)c2cccc3cccnc23)cc1. The van der Waals surface area contributed by atoms with Gasteiger partial charge in [0.25, 0.3) is 5.91 Å². The van der Waals surface area contributed by atoms with Gasteiger partial charge in [0.1, 0.15) is 12.4 Å². The van der Waals surface area contributed by atoms with Gasteiger partial charge in [-0.15, -0.1) is 0 Å². The topological polar surface area (TPSA) is 101 Å². The van der Waals surface area contributed by atoms with Crippen molar-refractivity contribution in [1.29, 1.82) is 0 Å². The maximum Gasteiger partial charge on any atom is 0.307 e. The number of para-hydroxylation sites is 1. The second-order valence-electron chi connectivity index (χ2n) is 5.46. The summed E-state index contributed by atoms with van der Waals surface area (Å²) in [5.74, 6) is 0.412. The largest absolute Gasteiger partial charge is 0.492 e. The molecule has 3 N–H and O–H groups in total. The summed E-state index contributed by atoms with van der Waals surface area (Å²) in [4.78, 5) is 28.4. The highest BCUT2D eigenvalue weighted by molar-refractivity contribution is 8.13. The Morgan fingerprint density at radius 3 is 2.63 bits per heavy atom. The van der Waals surface area contributed by atoms with E-state index in [4.69, 9.17) is 9.94 Å². The molecule has 7 nitrogen and oxygen atoms in total. The molecule has 0 saturated heterocycles. The number of benzene rings is 2. The molecule has 3 rings (SSSR count). The molecule has 0 aliphatic heterocycles. The Balaban J connectivity index is 1.50. The van der Waals surface area contributed by atoms with Crippen LogP contribution in [0.4, 0.5) is 4.79 Å². The molecule has 0 spiro atoms. The number of carbonyl (C=O) groups is 2. The lowest BCUT2D eigenvalue weighted by Gasteiger charge is -2.09. The second-order valence-corrected chi connectivity index (χ2v) is 6.50. The van der Waals surface area contributed by atoms with Crippen molar-refractivity contribution in [2.75, 3.05) is 13.2 Å². The monoisotopic (exact) mass is 383 g/mol. The molecule has 0 aliphatic carbocycles. The van der Waals surface area contributed by atoms with E-state index in [-0.39, 0.29) is 5.91 Å². The fourth-order valence-electron chi connectivity index (χ4n) is 2.45. The first-order chi connectivity index (χ1) is 13.2. The van der Waals surface area contributed by atoms with Crippen molar-refractivity contribution in [2.45, 2.75) is 4.90 Å². The van der Waals surface area contributed by atoms with Gasteiger partial charge < -0.3 is 10.1 Å². The van der Waals surface area contributed by atoms with Gasteiger partial charge in [0.2, 0.25) is 0 Å². The molecule has 0 aliphatic rings. The summed E-state index contributed by atoms with van der Waals surface area (Å²) >= 11 is 0.865. The number of aromatic nitrogens is 1. The lowest BCUT2D eigenvalue weighted by Crippen LogP contribution is -2.28. The summed E-state index contributed by atoms with van der Waals surface area (Å²) < 4.78 is 5.58. The smallest absolute Gasteiger partial charge is 0.307 e. The van der Waals surface area contributed by atoms with E-state index in [0.29, 0.717) is 34.9 Å². The van der Waals surface area contributed by atoms with E-state index in [0.717, 1.165) is 17.1 Å². The number of thioether (sulfide) groups is 1. The molecular weight excluding hydrogens is 366 g/mol. The minimum absolute atomic E-state index is 0.204. The van der Waals surface area contributed by atoms with Crippen molar-refractivity contribution in [3.05, 3.63) is 66.4 Å². The van der Waals surface area contributed by atoms with Crippen LogP contribution in [0.2, 0.25) is 0 Å². The molecule has 0 radical (unpaired) electrons. The Labute approximate surface area is 159 Å². The fraction of sp³-hybridized carbons (Fsp3) is 0.105. The van der Waals surface area contributed by atoms with Gasteiger partial charge in [0, 0.05) is 16.5 Å². The first-order valence-corrected chi connectivity index (χ1v) is 8.96. The molecule has 0 atom stereocenters. The summed E-state index contributed by atoms with van der Waals surface area (Å²) in [7, 11) is 0. The molecule has 0 fully saturated rings. The molecule has 2 aromatic carbocycles. The van der Waals surface area contributed by atoms with E-state index in [1.807, 2.05) is 24.3 Å². The number of amides is 2. The molecule has 1 aromatic heterocycles. The maximum absolute atomic E-state index is 12.4. The van der Waals surface area contributed by atoms with Gasteiger partial charge in [-0.25, -0.2) is 5.48 Å². The summed E-state index contributed by atoms with van der Waals surface area (Å²) in [6, 6.07) is 16.1. The zero-order valence-electron chi connectivity index (χ0n) is 14.2. The summed E-state index contributed by atoms with van der Waals surface area (Å²) in [6.07, 6.45) is 1.66. The molecule has 27 heavy (non-hydrogen) atoms. The number of fused-ring (bicyclic) bond motifs is 1. The van der Waals surface area contributed by atoms with Gasteiger partial charge in [0.05, 0.1) is 17.6 Å². The minimum Gasteiger partial charge on any atom is -0.492 e. The summed E-state index contributed by atoms with van der Waals surface area (Å²) in [6.45, 7) is 0.638. The van der Waals surface area contributed by atoms with E-state index in [9.17, 15) is 9.59 Å². The zero-order chi connectivity index (χ0) is 19.1. The predicted octanol–water partition coefficient (Wildman–Crippen LogP) is 3.23. The van der Waals surface area contributed by atoms with Gasteiger partial charge in [-0.05, 0) is 48.2 Å². The molecule has 138 valence electrons. The molecule has 8 heteroatoms. The molecule has 2 amide bonds. The van der Waals surface area contributed by atoms with Gasteiger partial charge >= 0.3 is 5.24 Å². The third-order valence-corrected chi connectivity index (χ3v) is 4.44. The maximum atomic E-state index is 12.4. The average molecular weight is 383 g/mol. The highest BCUT2D eigenvalue weighted by Crippen LogP contribution is 2.21. The number of ether oxygens (including phenoxy) is 1. The first-order valence-electron chi connectivity index (χ1n) is 8.14. The van der Waals surface area contributed by atoms with Crippen LogP contribution in [0.25, 0.3) is 10.9 Å². The van der Waals surface area contributed by atoms with Crippen LogP contribution in [0.1, 0.15) is 10.4 Å². The van der Waals surface area contributed by atoms with Crippen LogP contribution in [0.5, 0.6) is 5.75 Å². The Hall–Kier alpha value is -3.10. The Morgan fingerprint density at radius 1 is 1.07 bits per heavy atom. The van der Waals surface area contributed by atoms with E-state index < -0.39 is 5.24 Å². The number of carbonyl (C=O) groups excluding carboxylic acids is 2. The third kappa shape index (κ3) is 4.96. The minimum atomic E-state index is -0.561. The Bertz CT molecular complexity index is 942. The third-order valence-electron chi connectivity index (χ3n) is 3.66. The van der Waals surface area contributed by atoms with Crippen LogP contribution in [0.3, 0.4) is 0 Å². The summed E-state index contributed by atoms with van der Waals surface area (Å²) in [5, 5.41) is 11.7. The number of pyridine rings is 1. The molecular formula is C19H17N3O4S. The lowest BCUT2D eigenvalue weighted by atomic mass is 10.1. The second kappa shape index (κ2) is 9.02. The number of rotatable bonds is 6. The molecule has 3 aromatic rings. The van der Waals surface area contributed by atoms with Gasteiger partial charge in [-0.2, -0.15) is 0 Å². The molecule has 1 heterocycles. The predicted molar refractivity (Wildman–Crippen MR) is 102 cm³/mol. The fourth-order valence-corrected chi connectivity index (χ4v) is 2.98. The zero-order valence-corrected chi connectivity index (χ0v) is 15.0. The van der Waals surface area contributed by atoms with E-state index in [2.05, 4.69) is 10.3 Å². The van der Waals surface area contributed by atoms with Gasteiger partial charge in [-0.1, -0.05) is 18.2 Å². The average Bonchev–Trinajstić information content (AvgIpc) is 2.71. The highest BCUT2D eigenvalue weighted by Gasteiger charge is 2.10. The summed E-state index contributed by atoms with van der Waals surface area (Å²) in [5.41, 5.74) is 2.74. The first kappa shape index (κ1) is 18.7. The van der Waals surface area contributed by atoms with Gasteiger partial charge in [0.15, 0.2) is 0 Å². The number of hydroxylamine groups is 1. The van der Waals surface area contributed by atoms with E-state index in [1.165, 1.54) is 0 Å². The standard InChI is InChI=1S/C19H17N3O4S/c23-18(16-5-1-3-13-4-2-10-20-17(13)16)21-11-12-26-14-6-8-15(9-7-14)27-19(24)22-25/h1-10,25H,11-12H2,(H,21,23)(H,22,24). The molecule has 0 saturated carbocycles. The van der Waals surface area contributed by atoms with Crippen LogP contribution < -0.4 is 15.5 Å². The van der Waals surface area contributed by atoms with Crippen LogP contribution in [-0.2, 0) is 0 Å². The van der Waals surface area contributed by atoms with Gasteiger partial charge in [-0.3, -0.25) is 19.8 Å². The quantitative estimate of drug-likeness (QED) is 0.261. The van der Waals surface area contributed by atoms with Crippen molar-refractivity contribution in [3.63, 3.8) is 0 Å². The molecule has 0 bridgehead atoms. The van der Waals surface area contributed by atoms with Crippen molar-refractivity contribution >= 4 is 33.8 Å². The number of hydrogen-bond donors (Lipinski definition) is 3. The van der Waals surface area contributed by atoms with E-state index >= 15 is 0 Å². The van der Waals surface area contributed by atoms with Crippen LogP contribution in [0, 0.1) is 0 Å². The van der Waals surface area contributed by atoms with Crippen molar-refractivity contribution in [3.8, 4) is 5.75 Å².